The molecule has 13 heavy (non-hydrogen) atoms. The molecule has 1 aromatic heterocycles. The van der Waals surface area contributed by atoms with Gasteiger partial charge >= 0.3 is 0 Å². The Balaban J connectivity index is 2.54. The second kappa shape index (κ2) is 4.79. The van der Waals surface area contributed by atoms with Gasteiger partial charge in [-0.15, -0.1) is 0 Å². The number of nitrogens with one attached hydrogen (secondary N) is 1. The number of hydrogen-bond acceptors (Lipinski definition) is 3. The van der Waals surface area contributed by atoms with E-state index in [1.165, 1.54) is 0 Å². The van der Waals surface area contributed by atoms with Gasteiger partial charge in [-0.3, -0.25) is 4.79 Å². The van der Waals surface area contributed by atoms with Crippen LogP contribution in [0.3, 0.4) is 0 Å². The Hall–Kier alpha value is -1.13. The molecule has 1 heterocycles. The minimum absolute atomic E-state index is 0.0160. The summed E-state index contributed by atoms with van der Waals surface area (Å²) in [5, 5.41) is 3.00. The Morgan fingerprint density at radius 1 is 1.69 bits per heavy atom. The average Bonchev–Trinajstić information content (AvgIpc) is 2.16. The second-order valence-electron chi connectivity index (χ2n) is 2.43. The topological polar surface area (TPSA) is 68.0 Å². The Kier molecular flexibility index (Phi) is 3.67. The van der Waals surface area contributed by atoms with Gasteiger partial charge in [0.05, 0.1) is 6.54 Å². The molecule has 0 saturated heterocycles. The molecule has 0 radical (unpaired) electrons. The highest BCUT2D eigenvalue weighted by molar-refractivity contribution is 6.30. The lowest BCUT2D eigenvalue weighted by Gasteiger charge is -2.04. The smallest absolute Gasteiger partial charge is 0.234 e. The van der Waals surface area contributed by atoms with Gasteiger partial charge in [-0.2, -0.15) is 0 Å². The van der Waals surface area contributed by atoms with Gasteiger partial charge in [0.15, 0.2) is 0 Å². The van der Waals surface area contributed by atoms with E-state index >= 15 is 0 Å². The third kappa shape index (κ3) is 3.01. The molecule has 0 aliphatic rings. The Labute approximate surface area is 81.1 Å². The van der Waals surface area contributed by atoms with Crippen LogP contribution in [-0.2, 0) is 11.3 Å². The SMILES string of the molecule is NCC(=O)NCc1cccnc1Cl. The summed E-state index contributed by atoms with van der Waals surface area (Å²) >= 11 is 5.76. The maximum Gasteiger partial charge on any atom is 0.234 e. The number of aromatic nitrogens is 1. The normalized spacial score (nSPS) is 9.69. The van der Waals surface area contributed by atoms with E-state index in [-0.39, 0.29) is 12.5 Å². The third-order valence-corrected chi connectivity index (χ3v) is 1.84. The summed E-state index contributed by atoms with van der Waals surface area (Å²) in [6.45, 7) is 0.348. The van der Waals surface area contributed by atoms with Crippen molar-refractivity contribution in [3.8, 4) is 0 Å². The van der Waals surface area contributed by atoms with Crippen molar-refractivity contribution in [3.63, 3.8) is 0 Å². The van der Waals surface area contributed by atoms with Gasteiger partial charge < -0.3 is 11.1 Å². The summed E-state index contributed by atoms with van der Waals surface area (Å²) in [7, 11) is 0. The van der Waals surface area contributed by atoms with Crippen LogP contribution in [0.1, 0.15) is 5.56 Å². The molecule has 3 N–H and O–H groups in total. The molecule has 70 valence electrons. The molecule has 5 heteroatoms. The number of carbonyl (C=O) groups excluding carboxylic acids is 1. The van der Waals surface area contributed by atoms with Gasteiger partial charge in [-0.25, -0.2) is 4.98 Å². The first-order valence-corrected chi connectivity index (χ1v) is 4.18. The number of amides is 1. The standard InChI is InChI=1S/C8H10ClN3O/c9-8-6(2-1-3-11-8)5-12-7(13)4-10/h1-3H,4-5,10H2,(H,12,13). The van der Waals surface area contributed by atoms with Crippen LogP contribution < -0.4 is 11.1 Å². The first-order chi connectivity index (χ1) is 6.24. The number of hydrogen-bond donors (Lipinski definition) is 2. The molecule has 0 bridgehead atoms. The first-order valence-electron chi connectivity index (χ1n) is 3.80. The lowest BCUT2D eigenvalue weighted by Crippen LogP contribution is -2.29. The number of rotatable bonds is 3. The molecule has 0 spiro atoms. The van der Waals surface area contributed by atoms with Crippen molar-refractivity contribution in [1.29, 1.82) is 0 Å². The van der Waals surface area contributed by atoms with E-state index in [9.17, 15) is 4.79 Å². The summed E-state index contributed by atoms with van der Waals surface area (Å²) in [6, 6.07) is 3.56. The minimum Gasteiger partial charge on any atom is -0.351 e. The van der Waals surface area contributed by atoms with Crippen LogP contribution >= 0.6 is 11.6 Å². The minimum atomic E-state index is -0.208. The molecule has 4 nitrogen and oxygen atoms in total. The molecule has 1 aromatic rings. The van der Waals surface area contributed by atoms with Crippen LogP contribution in [0.5, 0.6) is 0 Å². The van der Waals surface area contributed by atoms with Crippen LogP contribution in [0.4, 0.5) is 0 Å². The molecule has 1 amide bonds. The summed E-state index contributed by atoms with van der Waals surface area (Å²) in [6.07, 6.45) is 1.59. The summed E-state index contributed by atoms with van der Waals surface area (Å²) in [5.74, 6) is -0.208. The third-order valence-electron chi connectivity index (χ3n) is 1.50. The molecule has 0 aliphatic heterocycles. The first kappa shape index (κ1) is 9.95. The summed E-state index contributed by atoms with van der Waals surface area (Å²) in [5.41, 5.74) is 5.90. The van der Waals surface area contributed by atoms with Crippen LogP contribution in [0, 0.1) is 0 Å². The van der Waals surface area contributed by atoms with Crippen molar-refractivity contribution in [2.75, 3.05) is 6.54 Å². The van der Waals surface area contributed by atoms with Crippen LogP contribution in [0.15, 0.2) is 18.3 Å². The Morgan fingerprint density at radius 2 is 2.46 bits per heavy atom. The van der Waals surface area contributed by atoms with Gasteiger partial charge in [-0.05, 0) is 6.07 Å². The number of nitrogens with zero attached hydrogens (tertiary/aromatic N) is 1. The quantitative estimate of drug-likeness (QED) is 0.689. The highest BCUT2D eigenvalue weighted by atomic mass is 35.5. The van der Waals surface area contributed by atoms with Gasteiger partial charge in [0.25, 0.3) is 0 Å². The Bertz CT molecular complexity index is 303. The molecular formula is C8H10ClN3O. The predicted octanol–water partition coefficient (Wildman–Crippen LogP) is 0.310. The maximum absolute atomic E-state index is 10.8. The van der Waals surface area contributed by atoms with Crippen molar-refractivity contribution in [1.82, 2.24) is 10.3 Å². The maximum atomic E-state index is 10.8. The van der Waals surface area contributed by atoms with Crippen LogP contribution in [0.2, 0.25) is 5.15 Å². The summed E-state index contributed by atoms with van der Waals surface area (Å²) < 4.78 is 0. The van der Waals surface area contributed by atoms with E-state index in [0.717, 1.165) is 5.56 Å². The molecule has 0 atom stereocenters. The van der Waals surface area contributed by atoms with E-state index in [1.54, 1.807) is 18.3 Å². The molecule has 0 aliphatic carbocycles. The van der Waals surface area contributed by atoms with E-state index < -0.39 is 0 Å². The highest BCUT2D eigenvalue weighted by Gasteiger charge is 2.01. The number of nitrogens with two attached hydrogens (primary N) is 1. The fourth-order valence-electron chi connectivity index (χ4n) is 0.817. The second-order valence-corrected chi connectivity index (χ2v) is 2.79. The molecule has 1 rings (SSSR count). The predicted molar refractivity (Wildman–Crippen MR) is 50.1 cm³/mol. The zero-order valence-electron chi connectivity index (χ0n) is 6.96. The van der Waals surface area contributed by atoms with Crippen LogP contribution in [0.25, 0.3) is 0 Å². The van der Waals surface area contributed by atoms with Gasteiger partial charge in [0.1, 0.15) is 5.15 Å². The molecule has 0 aromatic carbocycles. The van der Waals surface area contributed by atoms with E-state index in [1.807, 2.05) is 0 Å². The highest BCUT2D eigenvalue weighted by Crippen LogP contribution is 2.10. The fraction of sp³-hybridized carbons (Fsp3) is 0.250. The van der Waals surface area contributed by atoms with Gasteiger partial charge in [0, 0.05) is 18.3 Å². The molecular weight excluding hydrogens is 190 g/mol. The van der Waals surface area contributed by atoms with E-state index in [4.69, 9.17) is 17.3 Å². The van der Waals surface area contributed by atoms with E-state index in [2.05, 4.69) is 10.3 Å². The van der Waals surface area contributed by atoms with Crippen molar-refractivity contribution in [3.05, 3.63) is 29.0 Å². The fourth-order valence-corrected chi connectivity index (χ4v) is 1.00. The average molecular weight is 200 g/mol. The number of halogens is 1. The van der Waals surface area contributed by atoms with Crippen molar-refractivity contribution in [2.45, 2.75) is 6.54 Å². The van der Waals surface area contributed by atoms with E-state index in [0.29, 0.717) is 11.7 Å². The molecule has 0 fully saturated rings. The monoisotopic (exact) mass is 199 g/mol. The zero-order chi connectivity index (χ0) is 9.68. The van der Waals surface area contributed by atoms with Crippen LogP contribution in [-0.4, -0.2) is 17.4 Å². The molecule has 0 saturated carbocycles. The van der Waals surface area contributed by atoms with Crippen molar-refractivity contribution < 1.29 is 4.79 Å². The summed E-state index contributed by atoms with van der Waals surface area (Å²) in [4.78, 5) is 14.7. The lowest BCUT2D eigenvalue weighted by atomic mass is 10.3. The van der Waals surface area contributed by atoms with Gasteiger partial charge in [0.2, 0.25) is 5.91 Å². The van der Waals surface area contributed by atoms with Gasteiger partial charge in [-0.1, -0.05) is 17.7 Å². The number of pyridine rings is 1. The van der Waals surface area contributed by atoms with Crippen molar-refractivity contribution >= 4 is 17.5 Å². The number of carbonyl (C=O) groups is 1. The Morgan fingerprint density at radius 3 is 3.08 bits per heavy atom. The zero-order valence-corrected chi connectivity index (χ0v) is 7.71. The largest absolute Gasteiger partial charge is 0.351 e. The molecule has 0 unspecified atom stereocenters. The van der Waals surface area contributed by atoms with Crippen molar-refractivity contribution in [2.24, 2.45) is 5.73 Å². The lowest BCUT2D eigenvalue weighted by molar-refractivity contribution is -0.119.